The highest BCUT2D eigenvalue weighted by Crippen LogP contribution is 2.37. The second kappa shape index (κ2) is 9.67. The van der Waals surface area contributed by atoms with Gasteiger partial charge in [-0.25, -0.2) is 9.18 Å². The molecule has 1 spiro atoms. The molecule has 2 heterocycles. The first kappa shape index (κ1) is 22.6. The van der Waals surface area contributed by atoms with Gasteiger partial charge in [0.25, 0.3) is 0 Å². The summed E-state index contributed by atoms with van der Waals surface area (Å²) in [5, 5.41) is 7.12. The molecule has 0 amide bonds. The molecule has 2 fully saturated rings. The van der Waals surface area contributed by atoms with Gasteiger partial charge in [-0.15, -0.1) is 0 Å². The van der Waals surface area contributed by atoms with E-state index >= 15 is 0 Å². The molecule has 28 heavy (non-hydrogen) atoms. The number of aliphatic carboxylic acids is 1. The van der Waals surface area contributed by atoms with Crippen molar-refractivity contribution in [2.24, 2.45) is 0 Å². The fourth-order valence-corrected chi connectivity index (χ4v) is 3.51. The number of halogens is 4. The molecule has 1 N–H and O–H groups in total. The van der Waals surface area contributed by atoms with Crippen molar-refractivity contribution in [2.75, 3.05) is 26.3 Å². The van der Waals surface area contributed by atoms with Gasteiger partial charge in [-0.3, -0.25) is 4.90 Å². The molecular weight excluding hydrogens is 382 g/mol. The molecule has 0 aromatic heterocycles. The molecular formula is C19H25F4NO4. The molecule has 1 atom stereocenters. The van der Waals surface area contributed by atoms with Crippen LogP contribution in [0.25, 0.3) is 0 Å². The highest BCUT2D eigenvalue weighted by atomic mass is 19.4. The summed E-state index contributed by atoms with van der Waals surface area (Å²) in [6.07, 6.45) is -1.70. The Morgan fingerprint density at radius 2 is 2.00 bits per heavy atom. The van der Waals surface area contributed by atoms with Crippen LogP contribution >= 0.6 is 0 Å². The normalized spacial score (nSPS) is 22.0. The standard InChI is InChI=1S/C17H24FNO2.C2HF3O2/c1-2-20-16-11-17(21-13-16)6-8-19(9-7-17)12-14-4-3-5-15(18)10-14;3-2(4,5)1(6)7/h3-5,10,16H,2,6-9,11-13H2,1H3;(H,6,7). The SMILES string of the molecule is CCOC1COC2(CCN(Cc3cccc(F)c3)CC2)C1.O=C(O)C(F)(F)F. The van der Waals surface area contributed by atoms with E-state index in [2.05, 4.69) is 4.90 Å². The van der Waals surface area contributed by atoms with E-state index in [4.69, 9.17) is 19.4 Å². The average Bonchev–Trinajstić information content (AvgIpc) is 3.00. The van der Waals surface area contributed by atoms with E-state index in [1.807, 2.05) is 13.0 Å². The maximum atomic E-state index is 13.2. The number of hydrogen-bond acceptors (Lipinski definition) is 4. The Bertz CT molecular complexity index is 645. The number of likely N-dealkylation sites (tertiary alicyclic amines) is 1. The lowest BCUT2D eigenvalue weighted by Crippen LogP contribution is -2.43. The first-order chi connectivity index (χ1) is 13.1. The predicted octanol–water partition coefficient (Wildman–Crippen LogP) is 3.62. The monoisotopic (exact) mass is 407 g/mol. The minimum Gasteiger partial charge on any atom is -0.475 e. The summed E-state index contributed by atoms with van der Waals surface area (Å²) < 4.78 is 56.7. The van der Waals surface area contributed by atoms with Crippen LogP contribution in [0.4, 0.5) is 17.6 Å². The van der Waals surface area contributed by atoms with Crippen molar-refractivity contribution in [1.82, 2.24) is 4.90 Å². The molecule has 1 aromatic carbocycles. The fraction of sp³-hybridized carbons (Fsp3) is 0.632. The van der Waals surface area contributed by atoms with Crippen LogP contribution in [0.1, 0.15) is 31.7 Å². The molecule has 0 bridgehead atoms. The van der Waals surface area contributed by atoms with Gasteiger partial charge in [0.1, 0.15) is 5.82 Å². The van der Waals surface area contributed by atoms with Crippen LogP contribution in [-0.2, 0) is 20.8 Å². The zero-order valence-corrected chi connectivity index (χ0v) is 15.7. The summed E-state index contributed by atoms with van der Waals surface area (Å²) in [6, 6.07) is 6.89. The molecule has 9 heteroatoms. The summed E-state index contributed by atoms with van der Waals surface area (Å²) in [7, 11) is 0. The van der Waals surface area contributed by atoms with Gasteiger partial charge >= 0.3 is 12.1 Å². The van der Waals surface area contributed by atoms with Crippen LogP contribution in [0, 0.1) is 5.82 Å². The topological polar surface area (TPSA) is 59.0 Å². The van der Waals surface area contributed by atoms with Crippen molar-refractivity contribution in [1.29, 1.82) is 0 Å². The second-order valence-corrected chi connectivity index (χ2v) is 6.98. The van der Waals surface area contributed by atoms with E-state index in [9.17, 15) is 17.6 Å². The lowest BCUT2D eigenvalue weighted by molar-refractivity contribution is -0.192. The van der Waals surface area contributed by atoms with Crippen LogP contribution in [-0.4, -0.2) is 60.2 Å². The Hall–Kier alpha value is -1.71. The number of rotatable bonds is 4. The number of carboxylic acid groups (broad SMARTS) is 1. The van der Waals surface area contributed by atoms with Crippen LogP contribution < -0.4 is 0 Å². The molecule has 2 aliphatic rings. The molecule has 158 valence electrons. The molecule has 1 unspecified atom stereocenters. The quantitative estimate of drug-likeness (QED) is 0.773. The number of hydrogen-bond donors (Lipinski definition) is 1. The van der Waals surface area contributed by atoms with Crippen molar-refractivity contribution >= 4 is 5.97 Å². The van der Waals surface area contributed by atoms with Crippen LogP contribution in [0.5, 0.6) is 0 Å². The number of piperidine rings is 1. The summed E-state index contributed by atoms with van der Waals surface area (Å²) in [6.45, 7) is 6.37. The Labute approximate surface area is 161 Å². The molecule has 3 rings (SSSR count). The minimum absolute atomic E-state index is 0.0261. The van der Waals surface area contributed by atoms with Crippen molar-refractivity contribution < 1.29 is 36.9 Å². The maximum absolute atomic E-state index is 13.2. The Morgan fingerprint density at radius 3 is 2.54 bits per heavy atom. The second-order valence-electron chi connectivity index (χ2n) is 6.98. The van der Waals surface area contributed by atoms with E-state index in [0.29, 0.717) is 0 Å². The zero-order valence-electron chi connectivity index (χ0n) is 15.7. The molecule has 0 aliphatic carbocycles. The van der Waals surface area contributed by atoms with E-state index in [-0.39, 0.29) is 17.5 Å². The van der Waals surface area contributed by atoms with Crippen LogP contribution in [0.3, 0.4) is 0 Å². The van der Waals surface area contributed by atoms with Gasteiger partial charge in [0.2, 0.25) is 0 Å². The number of benzene rings is 1. The third-order valence-corrected chi connectivity index (χ3v) is 4.88. The third-order valence-electron chi connectivity index (χ3n) is 4.88. The lowest BCUT2D eigenvalue weighted by Gasteiger charge is -2.38. The van der Waals surface area contributed by atoms with Crippen molar-refractivity contribution in [2.45, 2.75) is 50.6 Å². The molecule has 2 aliphatic heterocycles. The van der Waals surface area contributed by atoms with Gasteiger partial charge in [-0.1, -0.05) is 12.1 Å². The first-order valence-electron chi connectivity index (χ1n) is 9.16. The number of carboxylic acids is 1. The zero-order chi connectivity index (χ0) is 20.8. The summed E-state index contributed by atoms with van der Waals surface area (Å²) in [5.74, 6) is -2.91. The fourth-order valence-electron chi connectivity index (χ4n) is 3.51. The van der Waals surface area contributed by atoms with Crippen molar-refractivity contribution in [3.63, 3.8) is 0 Å². The van der Waals surface area contributed by atoms with E-state index in [1.54, 1.807) is 12.1 Å². The summed E-state index contributed by atoms with van der Waals surface area (Å²) >= 11 is 0. The van der Waals surface area contributed by atoms with Gasteiger partial charge in [0, 0.05) is 32.7 Å². The number of ether oxygens (including phenoxy) is 2. The van der Waals surface area contributed by atoms with Crippen LogP contribution in [0.15, 0.2) is 24.3 Å². The summed E-state index contributed by atoms with van der Waals surface area (Å²) in [4.78, 5) is 11.3. The number of alkyl halides is 3. The smallest absolute Gasteiger partial charge is 0.475 e. The number of nitrogens with zero attached hydrogens (tertiary/aromatic N) is 1. The minimum atomic E-state index is -5.08. The van der Waals surface area contributed by atoms with Crippen molar-refractivity contribution in [3.8, 4) is 0 Å². The van der Waals surface area contributed by atoms with Crippen LogP contribution in [0.2, 0.25) is 0 Å². The summed E-state index contributed by atoms with van der Waals surface area (Å²) in [5.41, 5.74) is 1.07. The molecule has 0 saturated carbocycles. The highest BCUT2D eigenvalue weighted by molar-refractivity contribution is 5.73. The molecule has 2 saturated heterocycles. The Balaban J connectivity index is 0.000000345. The maximum Gasteiger partial charge on any atom is 0.490 e. The van der Waals surface area contributed by atoms with Gasteiger partial charge < -0.3 is 14.6 Å². The number of carbonyl (C=O) groups is 1. The first-order valence-corrected chi connectivity index (χ1v) is 9.16. The van der Waals surface area contributed by atoms with Gasteiger partial charge in [0.15, 0.2) is 0 Å². The Morgan fingerprint density at radius 1 is 1.36 bits per heavy atom. The highest BCUT2D eigenvalue weighted by Gasteiger charge is 2.43. The predicted molar refractivity (Wildman–Crippen MR) is 93.3 cm³/mol. The van der Waals surface area contributed by atoms with E-state index in [1.165, 1.54) is 6.07 Å². The Kier molecular flexibility index (Phi) is 7.79. The van der Waals surface area contributed by atoms with Crippen molar-refractivity contribution in [3.05, 3.63) is 35.6 Å². The van der Waals surface area contributed by atoms with Gasteiger partial charge in [-0.2, -0.15) is 13.2 Å². The largest absolute Gasteiger partial charge is 0.490 e. The van der Waals surface area contributed by atoms with Gasteiger partial charge in [0.05, 0.1) is 18.3 Å². The lowest BCUT2D eigenvalue weighted by atomic mass is 9.88. The third kappa shape index (κ3) is 6.72. The van der Waals surface area contributed by atoms with E-state index < -0.39 is 12.1 Å². The molecule has 1 aromatic rings. The van der Waals surface area contributed by atoms with E-state index in [0.717, 1.165) is 57.7 Å². The average molecular weight is 407 g/mol. The van der Waals surface area contributed by atoms with Gasteiger partial charge in [-0.05, 0) is 37.5 Å². The molecule has 0 radical (unpaired) electrons. The molecule has 5 nitrogen and oxygen atoms in total.